The van der Waals surface area contributed by atoms with Gasteiger partial charge in [0.2, 0.25) is 0 Å². The van der Waals surface area contributed by atoms with Gasteiger partial charge in [-0.1, -0.05) is 53.5 Å². The van der Waals surface area contributed by atoms with E-state index in [0.29, 0.717) is 70.0 Å². The molecular weight excluding hydrogens is 737 g/mol. The molecule has 1 aromatic carbocycles. The molecule has 2 aliphatic carbocycles. The van der Waals surface area contributed by atoms with Gasteiger partial charge in [-0.15, -0.1) is 0 Å². The Kier molecular flexibility index (Phi) is 15.2. The van der Waals surface area contributed by atoms with Gasteiger partial charge in [-0.05, 0) is 123 Å². The van der Waals surface area contributed by atoms with Crippen LogP contribution >= 0.6 is 0 Å². The maximum Gasteiger partial charge on any atom is 0.184 e. The summed E-state index contributed by atoms with van der Waals surface area (Å²) in [5, 5.41) is 12.4. The Balaban J connectivity index is 1.68. The molecule has 10 heteroatoms. The molecule has 318 valence electrons. The van der Waals surface area contributed by atoms with Crippen LogP contribution in [0, 0.1) is 22.2 Å². The lowest BCUT2D eigenvalue weighted by Crippen LogP contribution is -2.70. The number of aliphatic hydroxyl groups excluding tert-OH is 1. The van der Waals surface area contributed by atoms with Gasteiger partial charge in [0.05, 0.1) is 45.1 Å². The van der Waals surface area contributed by atoms with E-state index in [-0.39, 0.29) is 61.6 Å². The summed E-state index contributed by atoms with van der Waals surface area (Å²) >= 11 is 0. The summed E-state index contributed by atoms with van der Waals surface area (Å²) in [6.45, 7) is 20.7. The van der Waals surface area contributed by atoms with Crippen LogP contribution in [0.25, 0.3) is 5.76 Å². The highest BCUT2D eigenvalue weighted by atomic mass is 16.7. The second-order valence-corrected chi connectivity index (χ2v) is 17.6. The molecule has 4 atom stereocenters. The van der Waals surface area contributed by atoms with Crippen LogP contribution in [-0.2, 0) is 33.3 Å². The highest BCUT2D eigenvalue weighted by Gasteiger charge is 2.74. The van der Waals surface area contributed by atoms with Gasteiger partial charge in [-0.3, -0.25) is 14.4 Å². The van der Waals surface area contributed by atoms with Crippen molar-refractivity contribution in [3.63, 3.8) is 0 Å². The van der Waals surface area contributed by atoms with Crippen LogP contribution in [0.5, 0.6) is 11.5 Å². The number of Topliss-reactive ketones (excluding diaryl/α,β-unsaturated/α-hetero) is 3. The molecule has 4 fully saturated rings. The minimum absolute atomic E-state index is 0.130. The Morgan fingerprint density at radius 1 is 0.724 bits per heavy atom. The fourth-order valence-electron chi connectivity index (χ4n) is 9.02. The van der Waals surface area contributed by atoms with Gasteiger partial charge < -0.3 is 33.5 Å². The highest BCUT2D eigenvalue weighted by molar-refractivity contribution is 6.41. The number of carbonyl (C=O) groups excluding carboxylic acids is 3. The van der Waals surface area contributed by atoms with Gasteiger partial charge in [-0.25, -0.2) is 0 Å². The fourth-order valence-corrected chi connectivity index (χ4v) is 9.02. The first kappa shape index (κ1) is 45.3. The van der Waals surface area contributed by atoms with E-state index < -0.39 is 39.9 Å². The van der Waals surface area contributed by atoms with Crippen molar-refractivity contribution >= 4 is 23.1 Å². The average Bonchev–Trinajstić information content (AvgIpc) is 3.89. The maximum absolute atomic E-state index is 15.7. The Labute approximate surface area is 345 Å². The van der Waals surface area contributed by atoms with E-state index in [1.165, 1.54) is 0 Å². The van der Waals surface area contributed by atoms with Crippen LogP contribution in [0.4, 0.5) is 0 Å². The van der Waals surface area contributed by atoms with Gasteiger partial charge >= 0.3 is 0 Å². The zero-order valence-corrected chi connectivity index (χ0v) is 36.3. The Morgan fingerprint density at radius 3 is 1.81 bits per heavy atom. The highest BCUT2D eigenvalue weighted by Crippen LogP contribution is 2.67. The van der Waals surface area contributed by atoms with Crippen molar-refractivity contribution in [3.05, 3.63) is 75.9 Å². The van der Waals surface area contributed by atoms with E-state index in [9.17, 15) is 5.11 Å². The molecule has 2 saturated carbocycles. The van der Waals surface area contributed by atoms with Crippen molar-refractivity contribution in [1.82, 2.24) is 0 Å². The van der Waals surface area contributed by atoms with Gasteiger partial charge in [0.15, 0.2) is 41.4 Å². The molecule has 0 unspecified atom stereocenters. The molecule has 0 amide bonds. The number of ketones is 3. The number of carbonyl (C=O) groups is 3. The van der Waals surface area contributed by atoms with E-state index >= 15 is 14.4 Å². The lowest BCUT2D eigenvalue weighted by atomic mass is 9.37. The molecule has 1 N–H and O–H groups in total. The van der Waals surface area contributed by atoms with Gasteiger partial charge in [0.1, 0.15) is 16.7 Å². The number of rotatable bonds is 18. The lowest BCUT2D eigenvalue weighted by molar-refractivity contribution is -0.178. The second kappa shape index (κ2) is 19.5. The van der Waals surface area contributed by atoms with Crippen molar-refractivity contribution in [2.45, 2.75) is 126 Å². The van der Waals surface area contributed by atoms with Crippen molar-refractivity contribution in [1.29, 1.82) is 0 Å². The molecule has 0 radical (unpaired) electrons. The van der Waals surface area contributed by atoms with Crippen LogP contribution in [-0.4, -0.2) is 74.7 Å². The van der Waals surface area contributed by atoms with Gasteiger partial charge in [-0.2, -0.15) is 0 Å². The molecule has 2 bridgehead atoms. The summed E-state index contributed by atoms with van der Waals surface area (Å²) < 4.78 is 34.7. The lowest BCUT2D eigenvalue weighted by Gasteiger charge is -2.61. The van der Waals surface area contributed by atoms with Crippen molar-refractivity contribution < 1.29 is 47.9 Å². The zero-order chi connectivity index (χ0) is 42.3. The SMILES string of the molecule is CC(C)=CCC[C@]1(C)[C@@H](CC=C(C)C)C[C@@]2(CC=C(C)C)C(=O)/C(=C(\O)c3ccc(OCCC4OCCO4)c(OCCC4OCCO4)c3)C(=O)[C@]1(CC=C(C)C)C2=O. The normalized spacial score (nSPS) is 27.0. The van der Waals surface area contributed by atoms with Crippen LogP contribution < -0.4 is 9.47 Å². The number of aliphatic hydroxyl groups is 1. The Hall–Kier alpha value is -3.83. The molecule has 2 heterocycles. The number of ether oxygens (including phenoxy) is 6. The number of hydrogen-bond donors (Lipinski definition) is 1. The quantitative estimate of drug-likeness (QED) is 0.0504. The first-order chi connectivity index (χ1) is 27.6. The van der Waals surface area contributed by atoms with E-state index in [2.05, 4.69) is 19.1 Å². The molecule has 0 aromatic heterocycles. The standard InChI is InChI=1S/C48H66O10/c1-31(2)11-10-20-46(9)36(14-12-32(3)4)30-47(21-16-33(5)6)43(50)41(44(51)48(46,45(47)52)22-17-34(7)8)42(49)35-13-15-37(53-23-18-39-55-25-26-56-39)38(29-35)54-24-19-40-57-27-28-58-40/h11-13,15-17,29,36,39-40,49H,10,14,18-28,30H2,1-9H3/b42-41+/t36-,46+,47-,48+/m0/s1. The summed E-state index contributed by atoms with van der Waals surface area (Å²) in [6, 6.07) is 4.89. The molecular formula is C48H66O10. The van der Waals surface area contributed by atoms with E-state index in [1.807, 2.05) is 67.5 Å². The summed E-state index contributed by atoms with van der Waals surface area (Å²) in [5.74, 6) is -1.45. The van der Waals surface area contributed by atoms with Crippen LogP contribution in [0.3, 0.4) is 0 Å². The predicted octanol–water partition coefficient (Wildman–Crippen LogP) is 9.77. The van der Waals surface area contributed by atoms with Crippen molar-refractivity contribution in [2.24, 2.45) is 22.2 Å². The van der Waals surface area contributed by atoms with Crippen LogP contribution in [0.1, 0.15) is 119 Å². The summed E-state index contributed by atoms with van der Waals surface area (Å²) in [7, 11) is 0. The number of allylic oxidation sites excluding steroid dienone is 9. The number of hydrogen-bond acceptors (Lipinski definition) is 10. The Morgan fingerprint density at radius 2 is 1.26 bits per heavy atom. The molecule has 10 nitrogen and oxygen atoms in total. The number of benzene rings is 1. The zero-order valence-electron chi connectivity index (χ0n) is 36.3. The number of fused-ring (bicyclic) bond motifs is 2. The van der Waals surface area contributed by atoms with Gasteiger partial charge in [0, 0.05) is 18.4 Å². The fraction of sp³-hybridized carbons (Fsp3) is 0.604. The van der Waals surface area contributed by atoms with Crippen LogP contribution in [0.15, 0.2) is 70.4 Å². The monoisotopic (exact) mass is 802 g/mol. The van der Waals surface area contributed by atoms with Gasteiger partial charge in [0.25, 0.3) is 0 Å². The van der Waals surface area contributed by atoms with Crippen molar-refractivity contribution in [2.75, 3.05) is 39.6 Å². The molecule has 1 aromatic rings. The first-order valence-corrected chi connectivity index (χ1v) is 21.0. The summed E-state index contributed by atoms with van der Waals surface area (Å²) in [4.78, 5) is 46.6. The largest absolute Gasteiger partial charge is 0.506 e. The Bertz CT molecular complexity index is 1820. The second-order valence-electron chi connectivity index (χ2n) is 17.6. The molecule has 2 saturated heterocycles. The predicted molar refractivity (Wildman–Crippen MR) is 225 cm³/mol. The topological polar surface area (TPSA) is 127 Å². The molecule has 0 spiro atoms. The molecule has 5 rings (SSSR count). The molecule has 2 aliphatic heterocycles. The average molecular weight is 803 g/mol. The third kappa shape index (κ3) is 9.62. The first-order valence-electron chi connectivity index (χ1n) is 21.0. The minimum atomic E-state index is -1.61. The smallest absolute Gasteiger partial charge is 0.184 e. The molecule has 4 aliphatic rings. The van der Waals surface area contributed by atoms with Crippen LogP contribution in [0.2, 0.25) is 0 Å². The maximum atomic E-state index is 15.7. The molecule has 58 heavy (non-hydrogen) atoms. The minimum Gasteiger partial charge on any atom is -0.506 e. The van der Waals surface area contributed by atoms with E-state index in [0.717, 1.165) is 22.3 Å². The van der Waals surface area contributed by atoms with Crippen molar-refractivity contribution in [3.8, 4) is 11.5 Å². The third-order valence-electron chi connectivity index (χ3n) is 12.3. The third-order valence-corrected chi connectivity index (χ3v) is 12.3. The van der Waals surface area contributed by atoms with E-state index in [4.69, 9.17) is 28.4 Å². The van der Waals surface area contributed by atoms with E-state index in [1.54, 1.807) is 18.2 Å². The summed E-state index contributed by atoms with van der Waals surface area (Å²) in [6.07, 6.45) is 10.8. The summed E-state index contributed by atoms with van der Waals surface area (Å²) in [5.41, 5.74) is 0.0975.